The molecule has 0 aromatic heterocycles. The molecule has 2 aliphatic rings. The Morgan fingerprint density at radius 1 is 1.17 bits per heavy atom. The minimum atomic E-state index is 0.156. The SMILES string of the molecule is COc1ccc(Br)cc1[C@H]1Nc2ccc(C)cc2[C@H]2OCCC[C@@H]12. The maximum absolute atomic E-state index is 6.23. The summed E-state index contributed by atoms with van der Waals surface area (Å²) in [5.74, 6) is 1.34. The molecule has 3 atom stereocenters. The third-order valence-electron chi connectivity index (χ3n) is 5.15. The highest BCUT2D eigenvalue weighted by molar-refractivity contribution is 9.10. The molecule has 0 radical (unpaired) electrons. The smallest absolute Gasteiger partial charge is 0.124 e. The van der Waals surface area contributed by atoms with Crippen LogP contribution < -0.4 is 10.1 Å². The Morgan fingerprint density at radius 2 is 2.04 bits per heavy atom. The van der Waals surface area contributed by atoms with Crippen LogP contribution in [0.25, 0.3) is 0 Å². The van der Waals surface area contributed by atoms with Crippen LogP contribution in [-0.4, -0.2) is 13.7 Å². The van der Waals surface area contributed by atoms with Crippen LogP contribution in [0.1, 0.15) is 41.7 Å². The van der Waals surface area contributed by atoms with Crippen molar-refractivity contribution >= 4 is 21.6 Å². The van der Waals surface area contributed by atoms with Gasteiger partial charge < -0.3 is 14.8 Å². The number of rotatable bonds is 2. The van der Waals surface area contributed by atoms with Gasteiger partial charge in [0.05, 0.1) is 19.3 Å². The Kier molecular flexibility index (Phi) is 4.27. The quantitative estimate of drug-likeness (QED) is 0.747. The van der Waals surface area contributed by atoms with Crippen molar-refractivity contribution in [2.75, 3.05) is 19.0 Å². The predicted octanol–water partition coefficient (Wildman–Crippen LogP) is 5.40. The second kappa shape index (κ2) is 6.41. The highest BCUT2D eigenvalue weighted by Gasteiger charge is 2.40. The van der Waals surface area contributed by atoms with Crippen molar-refractivity contribution in [2.45, 2.75) is 31.9 Å². The maximum Gasteiger partial charge on any atom is 0.124 e. The number of aryl methyl sites for hydroxylation is 1. The zero-order chi connectivity index (χ0) is 16.7. The molecule has 3 nitrogen and oxygen atoms in total. The normalized spacial score (nSPS) is 25.4. The van der Waals surface area contributed by atoms with E-state index in [2.05, 4.69) is 52.4 Å². The van der Waals surface area contributed by atoms with Crippen LogP contribution >= 0.6 is 15.9 Å². The minimum Gasteiger partial charge on any atom is -0.496 e. The summed E-state index contributed by atoms with van der Waals surface area (Å²) in [4.78, 5) is 0. The van der Waals surface area contributed by atoms with Gasteiger partial charge in [0.2, 0.25) is 0 Å². The zero-order valence-electron chi connectivity index (χ0n) is 14.0. The first-order valence-corrected chi connectivity index (χ1v) is 9.29. The number of hydrogen-bond acceptors (Lipinski definition) is 3. The molecule has 1 fully saturated rings. The number of benzene rings is 2. The van der Waals surface area contributed by atoms with E-state index in [9.17, 15) is 0 Å². The van der Waals surface area contributed by atoms with E-state index in [0.717, 1.165) is 29.7 Å². The van der Waals surface area contributed by atoms with Crippen LogP contribution in [0, 0.1) is 12.8 Å². The molecular formula is C20H22BrNO2. The van der Waals surface area contributed by atoms with Crippen LogP contribution in [0.15, 0.2) is 40.9 Å². The molecule has 2 aliphatic heterocycles. The van der Waals surface area contributed by atoms with Gasteiger partial charge in [-0.05, 0) is 44.0 Å². The van der Waals surface area contributed by atoms with Crippen molar-refractivity contribution in [3.8, 4) is 5.75 Å². The molecule has 24 heavy (non-hydrogen) atoms. The van der Waals surface area contributed by atoms with Crippen LogP contribution in [0.5, 0.6) is 5.75 Å². The van der Waals surface area contributed by atoms with Crippen molar-refractivity contribution in [3.63, 3.8) is 0 Å². The van der Waals surface area contributed by atoms with E-state index in [1.165, 1.54) is 22.4 Å². The monoisotopic (exact) mass is 387 g/mol. The fourth-order valence-corrected chi connectivity index (χ4v) is 4.43. The number of ether oxygens (including phenoxy) is 2. The molecule has 2 heterocycles. The second-order valence-electron chi connectivity index (χ2n) is 6.70. The predicted molar refractivity (Wildman–Crippen MR) is 99.7 cm³/mol. The third kappa shape index (κ3) is 2.72. The summed E-state index contributed by atoms with van der Waals surface area (Å²) in [5.41, 5.74) is 4.95. The fourth-order valence-electron chi connectivity index (χ4n) is 4.05. The number of halogens is 1. The molecule has 0 bridgehead atoms. The molecule has 4 heteroatoms. The average molecular weight is 388 g/mol. The Labute approximate surface area is 151 Å². The van der Waals surface area contributed by atoms with Crippen LogP contribution in [0.2, 0.25) is 0 Å². The van der Waals surface area contributed by atoms with E-state index in [1.54, 1.807) is 7.11 Å². The number of nitrogens with one attached hydrogen (secondary N) is 1. The molecule has 1 N–H and O–H groups in total. The molecule has 0 unspecified atom stereocenters. The highest BCUT2D eigenvalue weighted by atomic mass is 79.9. The number of fused-ring (bicyclic) bond motifs is 3. The van der Waals surface area contributed by atoms with Crippen molar-refractivity contribution in [1.29, 1.82) is 0 Å². The Balaban J connectivity index is 1.82. The molecular weight excluding hydrogens is 366 g/mol. The fraction of sp³-hybridized carbons (Fsp3) is 0.400. The summed E-state index contributed by atoms with van der Waals surface area (Å²) in [6, 6.07) is 13.0. The Morgan fingerprint density at radius 3 is 2.88 bits per heavy atom. The van der Waals surface area contributed by atoms with Gasteiger partial charge in [0, 0.05) is 33.8 Å². The maximum atomic E-state index is 6.23. The molecule has 2 aromatic rings. The lowest BCUT2D eigenvalue weighted by Crippen LogP contribution is -2.36. The molecule has 0 aliphatic carbocycles. The standard InChI is InChI=1S/C20H22BrNO2/c1-12-5-7-17-15(10-12)20-14(4-3-9-24-20)19(22-17)16-11-13(21)6-8-18(16)23-2/h5-8,10-11,14,19-20,22H,3-4,9H2,1-2H3/t14-,19-,20-/m0/s1. The largest absolute Gasteiger partial charge is 0.496 e. The topological polar surface area (TPSA) is 30.5 Å². The minimum absolute atomic E-state index is 0.156. The molecule has 0 spiro atoms. The van der Waals surface area contributed by atoms with Gasteiger partial charge >= 0.3 is 0 Å². The van der Waals surface area contributed by atoms with E-state index in [0.29, 0.717) is 5.92 Å². The van der Waals surface area contributed by atoms with Gasteiger partial charge in [0.1, 0.15) is 5.75 Å². The van der Waals surface area contributed by atoms with Crippen LogP contribution in [0.3, 0.4) is 0 Å². The number of anilines is 1. The summed E-state index contributed by atoms with van der Waals surface area (Å²) >= 11 is 3.61. The summed E-state index contributed by atoms with van der Waals surface area (Å²) in [5, 5.41) is 3.76. The Hall–Kier alpha value is -1.52. The highest BCUT2D eigenvalue weighted by Crippen LogP contribution is 2.50. The molecule has 2 aromatic carbocycles. The lowest BCUT2D eigenvalue weighted by Gasteiger charge is -2.43. The van der Waals surface area contributed by atoms with Gasteiger partial charge in [-0.2, -0.15) is 0 Å². The van der Waals surface area contributed by atoms with E-state index < -0.39 is 0 Å². The summed E-state index contributed by atoms with van der Waals surface area (Å²) in [6.07, 6.45) is 2.42. The zero-order valence-corrected chi connectivity index (χ0v) is 15.6. The van der Waals surface area contributed by atoms with Gasteiger partial charge in [-0.25, -0.2) is 0 Å². The molecule has 0 amide bonds. The first-order chi connectivity index (χ1) is 11.7. The van der Waals surface area contributed by atoms with Gasteiger partial charge in [-0.3, -0.25) is 0 Å². The van der Waals surface area contributed by atoms with E-state index in [1.807, 2.05) is 12.1 Å². The van der Waals surface area contributed by atoms with Crippen molar-refractivity contribution in [1.82, 2.24) is 0 Å². The molecule has 1 saturated heterocycles. The lowest BCUT2D eigenvalue weighted by atomic mass is 9.77. The van der Waals surface area contributed by atoms with Gasteiger partial charge in [-0.15, -0.1) is 0 Å². The van der Waals surface area contributed by atoms with Gasteiger partial charge in [-0.1, -0.05) is 33.6 Å². The van der Waals surface area contributed by atoms with E-state index in [-0.39, 0.29) is 12.1 Å². The van der Waals surface area contributed by atoms with Crippen LogP contribution in [0.4, 0.5) is 5.69 Å². The van der Waals surface area contributed by atoms with Crippen molar-refractivity contribution in [3.05, 3.63) is 57.6 Å². The van der Waals surface area contributed by atoms with Gasteiger partial charge in [0.25, 0.3) is 0 Å². The summed E-state index contributed by atoms with van der Waals surface area (Å²) < 4.78 is 12.9. The summed E-state index contributed by atoms with van der Waals surface area (Å²) in [7, 11) is 1.74. The number of hydrogen-bond donors (Lipinski definition) is 1. The van der Waals surface area contributed by atoms with Crippen molar-refractivity contribution in [2.24, 2.45) is 5.92 Å². The first-order valence-electron chi connectivity index (χ1n) is 8.49. The molecule has 0 saturated carbocycles. The van der Waals surface area contributed by atoms with E-state index >= 15 is 0 Å². The molecule has 126 valence electrons. The second-order valence-corrected chi connectivity index (χ2v) is 7.61. The third-order valence-corrected chi connectivity index (χ3v) is 5.64. The van der Waals surface area contributed by atoms with E-state index in [4.69, 9.17) is 9.47 Å². The number of methoxy groups -OCH3 is 1. The van der Waals surface area contributed by atoms with Crippen molar-refractivity contribution < 1.29 is 9.47 Å². The summed E-state index contributed by atoms with van der Waals surface area (Å²) in [6.45, 7) is 2.98. The molecule has 4 rings (SSSR count). The Bertz CT molecular complexity index is 761. The van der Waals surface area contributed by atoms with Gasteiger partial charge in [0.15, 0.2) is 0 Å². The first kappa shape index (κ1) is 16.0. The lowest BCUT2D eigenvalue weighted by molar-refractivity contribution is -0.0383. The average Bonchev–Trinajstić information content (AvgIpc) is 2.61. The van der Waals surface area contributed by atoms with Crippen LogP contribution in [-0.2, 0) is 4.74 Å².